The van der Waals surface area contributed by atoms with Gasteiger partial charge in [-0.25, -0.2) is 0 Å². The Kier molecular flexibility index (Phi) is 4.90. The molecule has 0 aliphatic heterocycles. The van der Waals surface area contributed by atoms with Crippen LogP contribution in [-0.2, 0) is 4.79 Å². The van der Waals surface area contributed by atoms with E-state index in [9.17, 15) is 9.59 Å². The second kappa shape index (κ2) is 6.54. The molecule has 0 aliphatic carbocycles. The fraction of sp³-hybridized carbons (Fsp3) is 0.333. The molecule has 1 heterocycles. The number of carbonyl (C=O) groups excluding carboxylic acids is 1. The number of aromatic amines is 1. The summed E-state index contributed by atoms with van der Waals surface area (Å²) in [5.74, 6) is 0.800. The van der Waals surface area contributed by atoms with Gasteiger partial charge in [0.05, 0.1) is 16.3 Å². The van der Waals surface area contributed by atoms with Crippen molar-refractivity contribution >= 4 is 29.3 Å². The van der Waals surface area contributed by atoms with Crippen molar-refractivity contribution in [2.75, 3.05) is 7.11 Å². The summed E-state index contributed by atoms with van der Waals surface area (Å²) in [5.41, 5.74) is 1.28. The van der Waals surface area contributed by atoms with Crippen molar-refractivity contribution in [3.63, 3.8) is 0 Å². The molecule has 1 aromatic carbocycles. The van der Waals surface area contributed by atoms with Crippen LogP contribution in [0.25, 0.3) is 12.2 Å². The highest BCUT2D eigenvalue weighted by Crippen LogP contribution is 2.18. The van der Waals surface area contributed by atoms with E-state index in [1.807, 2.05) is 52.0 Å². The van der Waals surface area contributed by atoms with E-state index >= 15 is 0 Å². The Balaban J connectivity index is 2.46. The predicted octanol–water partition coefficient (Wildman–Crippen LogP) is 1.98. The first kappa shape index (κ1) is 17.2. The van der Waals surface area contributed by atoms with Crippen LogP contribution in [0.2, 0.25) is 0 Å². The summed E-state index contributed by atoms with van der Waals surface area (Å²) in [4.78, 5) is 26.8. The van der Waals surface area contributed by atoms with Crippen LogP contribution in [-0.4, -0.2) is 17.9 Å². The van der Waals surface area contributed by atoms with Gasteiger partial charge >= 0.3 is 0 Å². The van der Waals surface area contributed by atoms with Gasteiger partial charge in [0.25, 0.3) is 5.56 Å². The van der Waals surface area contributed by atoms with Crippen molar-refractivity contribution in [1.29, 1.82) is 0 Å². The van der Waals surface area contributed by atoms with Crippen molar-refractivity contribution < 1.29 is 9.53 Å². The summed E-state index contributed by atoms with van der Waals surface area (Å²) in [5, 5.41) is 0. The molecule has 0 aliphatic rings. The highest BCUT2D eigenvalue weighted by atomic mass is 32.1. The number of thiazole rings is 1. The van der Waals surface area contributed by atoms with Crippen LogP contribution in [0.4, 0.5) is 0 Å². The van der Waals surface area contributed by atoms with Gasteiger partial charge in [0.1, 0.15) is 5.75 Å². The Labute approximate surface area is 139 Å². The molecule has 0 amide bonds. The summed E-state index contributed by atoms with van der Waals surface area (Å²) in [6.07, 6.45) is 3.32. The number of methoxy groups -OCH3 is 1. The van der Waals surface area contributed by atoms with Gasteiger partial charge in [-0.05, 0) is 36.3 Å². The van der Waals surface area contributed by atoms with Crippen LogP contribution in [0, 0.1) is 12.3 Å². The maximum atomic E-state index is 12.1. The molecule has 4 nitrogen and oxygen atoms in total. The van der Waals surface area contributed by atoms with Gasteiger partial charge in [-0.3, -0.25) is 9.59 Å². The standard InChI is InChI=1S/C18H21NO3S/c1-11-8-12(6-7-13(11)22-5)9-14-17(21)19-16(23-14)10-15(20)18(2,3)4/h6-10H,1-5H3,(H,19,21)/b14-9-,16-10-. The maximum Gasteiger partial charge on any atom is 0.266 e. The molecule has 0 atom stereocenters. The number of ketones is 1. The van der Waals surface area contributed by atoms with Crippen LogP contribution in [0.3, 0.4) is 0 Å². The fourth-order valence-corrected chi connectivity index (χ4v) is 2.89. The Morgan fingerprint density at radius 2 is 2.00 bits per heavy atom. The summed E-state index contributed by atoms with van der Waals surface area (Å²) in [7, 11) is 1.63. The lowest BCUT2D eigenvalue weighted by atomic mass is 9.91. The lowest BCUT2D eigenvalue weighted by Crippen LogP contribution is -2.22. The van der Waals surface area contributed by atoms with Gasteiger partial charge in [-0.1, -0.05) is 26.8 Å². The third-order valence-corrected chi connectivity index (χ3v) is 4.36. The van der Waals surface area contributed by atoms with E-state index in [2.05, 4.69) is 4.98 Å². The van der Waals surface area contributed by atoms with Crippen LogP contribution in [0.15, 0.2) is 23.0 Å². The molecule has 5 heteroatoms. The molecule has 2 aromatic rings. The molecule has 0 radical (unpaired) electrons. The number of ether oxygens (including phenoxy) is 1. The zero-order valence-corrected chi connectivity index (χ0v) is 14.8. The molecule has 0 unspecified atom stereocenters. The van der Waals surface area contributed by atoms with Crippen LogP contribution in [0.5, 0.6) is 5.75 Å². The molecule has 2 rings (SSSR count). The maximum absolute atomic E-state index is 12.1. The molecule has 0 bridgehead atoms. The van der Waals surface area contributed by atoms with E-state index < -0.39 is 5.41 Å². The zero-order chi connectivity index (χ0) is 17.2. The smallest absolute Gasteiger partial charge is 0.266 e. The number of H-pyrrole nitrogens is 1. The number of hydrogen-bond donors (Lipinski definition) is 1. The lowest BCUT2D eigenvalue weighted by molar-refractivity contribution is -0.119. The molecular formula is C18H21NO3S. The first-order valence-corrected chi connectivity index (χ1v) is 8.14. The predicted molar refractivity (Wildman–Crippen MR) is 94.4 cm³/mol. The molecular weight excluding hydrogens is 310 g/mol. The number of rotatable bonds is 3. The Morgan fingerprint density at radius 3 is 2.57 bits per heavy atom. The minimum atomic E-state index is -0.460. The second-order valence-electron chi connectivity index (χ2n) is 6.42. The Hall–Kier alpha value is -2.14. The summed E-state index contributed by atoms with van der Waals surface area (Å²) >= 11 is 1.28. The summed E-state index contributed by atoms with van der Waals surface area (Å²) < 4.78 is 6.38. The largest absolute Gasteiger partial charge is 0.496 e. The van der Waals surface area contributed by atoms with E-state index in [1.54, 1.807) is 7.11 Å². The van der Waals surface area contributed by atoms with Crippen LogP contribution < -0.4 is 19.5 Å². The Bertz CT molecular complexity index is 898. The number of benzene rings is 1. The first-order valence-electron chi connectivity index (χ1n) is 7.32. The van der Waals surface area contributed by atoms with Crippen LogP contribution >= 0.6 is 11.3 Å². The number of Topliss-reactive ketones (excluding diaryl/α,β-unsaturated/α-hetero) is 1. The third kappa shape index (κ3) is 4.20. The summed E-state index contributed by atoms with van der Waals surface area (Å²) in [6, 6.07) is 5.73. The normalized spacial score (nSPS) is 13.4. The molecule has 23 heavy (non-hydrogen) atoms. The average Bonchev–Trinajstić information content (AvgIpc) is 2.78. The monoisotopic (exact) mass is 331 g/mol. The third-order valence-electron chi connectivity index (χ3n) is 3.40. The minimum Gasteiger partial charge on any atom is -0.496 e. The SMILES string of the molecule is COc1ccc(/C=c2\s/c(=C\C(=O)C(C)(C)C)[nH]c2=O)cc1C. The van der Waals surface area contributed by atoms with Gasteiger partial charge < -0.3 is 9.72 Å². The van der Waals surface area contributed by atoms with E-state index in [-0.39, 0.29) is 11.3 Å². The Morgan fingerprint density at radius 1 is 1.30 bits per heavy atom. The van der Waals surface area contributed by atoms with Crippen molar-refractivity contribution in [2.24, 2.45) is 5.41 Å². The summed E-state index contributed by atoms with van der Waals surface area (Å²) in [6.45, 7) is 7.51. The van der Waals surface area contributed by atoms with Crippen molar-refractivity contribution in [2.45, 2.75) is 27.7 Å². The molecule has 0 saturated heterocycles. The van der Waals surface area contributed by atoms with Crippen molar-refractivity contribution in [3.8, 4) is 5.75 Å². The molecule has 0 fully saturated rings. The van der Waals surface area contributed by atoms with Gasteiger partial charge in [-0.15, -0.1) is 11.3 Å². The molecule has 1 aromatic heterocycles. The topological polar surface area (TPSA) is 59.2 Å². The number of nitrogens with one attached hydrogen (secondary N) is 1. The highest BCUT2D eigenvalue weighted by molar-refractivity contribution is 7.07. The molecule has 0 saturated carbocycles. The average molecular weight is 331 g/mol. The number of hydrogen-bond acceptors (Lipinski definition) is 4. The van der Waals surface area contributed by atoms with Gasteiger partial charge in [-0.2, -0.15) is 0 Å². The van der Waals surface area contributed by atoms with Crippen molar-refractivity contribution in [3.05, 3.63) is 48.9 Å². The van der Waals surface area contributed by atoms with E-state index in [0.29, 0.717) is 9.20 Å². The number of aromatic nitrogens is 1. The van der Waals surface area contributed by atoms with E-state index in [1.165, 1.54) is 17.4 Å². The molecule has 0 spiro atoms. The second-order valence-corrected chi connectivity index (χ2v) is 7.50. The molecule has 122 valence electrons. The lowest BCUT2D eigenvalue weighted by Gasteiger charge is -2.12. The first-order chi connectivity index (χ1) is 10.7. The van der Waals surface area contributed by atoms with Crippen molar-refractivity contribution in [1.82, 2.24) is 4.98 Å². The number of carbonyl (C=O) groups is 1. The van der Waals surface area contributed by atoms with Gasteiger partial charge in [0, 0.05) is 11.5 Å². The number of aryl methyl sites for hydroxylation is 1. The molecule has 1 N–H and O–H groups in total. The zero-order valence-electron chi connectivity index (χ0n) is 14.0. The van der Waals surface area contributed by atoms with E-state index in [0.717, 1.165) is 16.9 Å². The van der Waals surface area contributed by atoms with Gasteiger partial charge in [0.15, 0.2) is 5.78 Å². The highest BCUT2D eigenvalue weighted by Gasteiger charge is 2.18. The van der Waals surface area contributed by atoms with E-state index in [4.69, 9.17) is 4.74 Å². The van der Waals surface area contributed by atoms with Crippen LogP contribution in [0.1, 0.15) is 31.9 Å². The minimum absolute atomic E-state index is 0.0122. The quantitative estimate of drug-likeness (QED) is 0.935. The fourth-order valence-electron chi connectivity index (χ4n) is 2.00. The van der Waals surface area contributed by atoms with Gasteiger partial charge in [0.2, 0.25) is 0 Å².